The predicted octanol–water partition coefficient (Wildman–Crippen LogP) is 4.23. The van der Waals surface area contributed by atoms with Gasteiger partial charge in [0, 0.05) is 62.6 Å². The Morgan fingerprint density at radius 3 is 2.73 bits per heavy atom. The molecule has 2 fully saturated rings. The molecule has 0 aromatic carbocycles. The molecule has 1 aliphatic heterocycles. The molecule has 0 bridgehead atoms. The molecule has 0 radical (unpaired) electrons. The molecule has 2 atom stereocenters. The fourth-order valence-electron chi connectivity index (χ4n) is 5.14. The van der Waals surface area contributed by atoms with Crippen LogP contribution in [0.5, 0.6) is 0 Å². The molecular formula is C29H40N8O3. The summed E-state index contributed by atoms with van der Waals surface area (Å²) in [6, 6.07) is 5.65. The van der Waals surface area contributed by atoms with Gasteiger partial charge < -0.3 is 19.9 Å². The highest BCUT2D eigenvalue weighted by atomic mass is 16.6. The topological polar surface area (TPSA) is 110 Å². The van der Waals surface area contributed by atoms with E-state index in [-0.39, 0.29) is 23.9 Å². The van der Waals surface area contributed by atoms with Gasteiger partial charge in [-0.3, -0.25) is 14.3 Å². The predicted molar refractivity (Wildman–Crippen MR) is 155 cm³/mol. The zero-order chi connectivity index (χ0) is 28.4. The molecule has 5 rings (SSSR count). The van der Waals surface area contributed by atoms with E-state index < -0.39 is 5.60 Å². The molecule has 214 valence electrons. The zero-order valence-electron chi connectivity index (χ0n) is 24.1. The molecule has 1 saturated carbocycles. The van der Waals surface area contributed by atoms with Gasteiger partial charge in [-0.15, -0.1) is 5.10 Å². The molecule has 11 heteroatoms. The van der Waals surface area contributed by atoms with Gasteiger partial charge in [0.1, 0.15) is 17.5 Å². The van der Waals surface area contributed by atoms with Crippen LogP contribution in [0, 0.1) is 5.92 Å². The van der Waals surface area contributed by atoms with Crippen molar-refractivity contribution in [1.29, 1.82) is 0 Å². The summed E-state index contributed by atoms with van der Waals surface area (Å²) in [4.78, 5) is 34.8. The second-order valence-electron chi connectivity index (χ2n) is 11.9. The fourth-order valence-corrected chi connectivity index (χ4v) is 5.14. The number of anilines is 2. The normalized spacial score (nSPS) is 18.3. The molecular weight excluding hydrogens is 508 g/mol. The van der Waals surface area contributed by atoms with E-state index in [1.54, 1.807) is 27.7 Å². The highest BCUT2D eigenvalue weighted by molar-refractivity contribution is 5.69. The lowest BCUT2D eigenvalue weighted by molar-refractivity contribution is 0.0134. The smallest absolute Gasteiger partial charge is 0.410 e. The molecule has 40 heavy (non-hydrogen) atoms. The SMILES string of the molecule is CNc1cncc(-c2cn(C(C)n3ccc(N4CCC[C@@H](N(CC5CC5)C(=O)OC(C)(C)C)C4)cc3=O)nn2)c1. The number of carbonyl (C=O) groups is 1. The maximum atomic E-state index is 13.3. The largest absolute Gasteiger partial charge is 0.444 e. The summed E-state index contributed by atoms with van der Waals surface area (Å²) in [5.41, 5.74) is 2.62. The number of rotatable bonds is 8. The highest BCUT2D eigenvalue weighted by Crippen LogP contribution is 2.32. The highest BCUT2D eigenvalue weighted by Gasteiger charge is 2.36. The van der Waals surface area contributed by atoms with Crippen LogP contribution in [-0.4, -0.2) is 73.9 Å². The minimum absolute atomic E-state index is 0.0509. The van der Waals surface area contributed by atoms with E-state index >= 15 is 0 Å². The Labute approximate surface area is 235 Å². The first-order chi connectivity index (χ1) is 19.1. The Kier molecular flexibility index (Phi) is 7.82. The number of piperidine rings is 1. The summed E-state index contributed by atoms with van der Waals surface area (Å²) in [6.45, 7) is 9.88. The van der Waals surface area contributed by atoms with Crippen LogP contribution in [0.2, 0.25) is 0 Å². The molecule has 3 aromatic rings. The Balaban J connectivity index is 1.30. The quantitative estimate of drug-likeness (QED) is 0.445. The third-order valence-corrected chi connectivity index (χ3v) is 7.53. The number of ether oxygens (including phenoxy) is 1. The van der Waals surface area contributed by atoms with Gasteiger partial charge >= 0.3 is 6.09 Å². The Hall–Kier alpha value is -3.89. The Morgan fingerprint density at radius 1 is 1.23 bits per heavy atom. The monoisotopic (exact) mass is 548 g/mol. The molecule has 1 unspecified atom stereocenters. The number of aromatic nitrogens is 5. The standard InChI is InChI=1S/C29H40N8O3/c1-20(37-19-26(32-33-37)22-13-23(30-5)16-31-15-22)35-12-10-24(14-27(35)38)34-11-6-7-25(18-34)36(17-21-8-9-21)28(39)40-29(2,3)4/h10,12-16,19-21,25,30H,6-9,11,17-18H2,1-5H3/t20?,25-/m1/s1. The number of amides is 1. The Morgan fingerprint density at radius 2 is 2.02 bits per heavy atom. The van der Waals surface area contributed by atoms with E-state index in [4.69, 9.17) is 4.74 Å². The van der Waals surface area contributed by atoms with E-state index in [2.05, 4.69) is 25.5 Å². The first-order valence-corrected chi connectivity index (χ1v) is 14.1. The van der Waals surface area contributed by atoms with Crippen LogP contribution in [0.4, 0.5) is 16.2 Å². The number of nitrogens with zero attached hydrogens (tertiary/aromatic N) is 7. The van der Waals surface area contributed by atoms with E-state index in [1.807, 2.05) is 64.2 Å². The molecule has 1 aliphatic carbocycles. The van der Waals surface area contributed by atoms with Crippen molar-refractivity contribution in [2.45, 2.75) is 71.2 Å². The van der Waals surface area contributed by atoms with E-state index in [0.29, 0.717) is 18.2 Å². The number of hydrogen-bond acceptors (Lipinski definition) is 8. The second-order valence-corrected chi connectivity index (χ2v) is 11.9. The van der Waals surface area contributed by atoms with E-state index in [0.717, 1.165) is 42.9 Å². The molecule has 0 spiro atoms. The van der Waals surface area contributed by atoms with E-state index in [1.165, 1.54) is 12.8 Å². The van der Waals surface area contributed by atoms with Gasteiger partial charge in [0.2, 0.25) is 0 Å². The average molecular weight is 549 g/mol. The second kappa shape index (κ2) is 11.3. The average Bonchev–Trinajstić information content (AvgIpc) is 3.62. The first kappa shape index (κ1) is 27.7. The number of pyridine rings is 2. The summed E-state index contributed by atoms with van der Waals surface area (Å²) in [5, 5.41) is 11.6. The van der Waals surface area contributed by atoms with Gasteiger partial charge in [0.25, 0.3) is 5.56 Å². The van der Waals surface area contributed by atoms with Crippen LogP contribution in [-0.2, 0) is 4.74 Å². The first-order valence-electron chi connectivity index (χ1n) is 14.1. The van der Waals surface area contributed by atoms with Crippen molar-refractivity contribution in [2.24, 2.45) is 5.92 Å². The number of hydrogen-bond donors (Lipinski definition) is 1. The van der Waals surface area contributed by atoms with Crippen LogP contribution in [0.25, 0.3) is 11.3 Å². The molecule has 2 aliphatic rings. The molecule has 3 aromatic heterocycles. The summed E-state index contributed by atoms with van der Waals surface area (Å²) in [6.07, 6.45) is 10.7. The van der Waals surface area contributed by atoms with Crippen LogP contribution >= 0.6 is 0 Å². The van der Waals surface area contributed by atoms with Gasteiger partial charge in [-0.1, -0.05) is 5.21 Å². The maximum Gasteiger partial charge on any atom is 0.410 e. The van der Waals surface area contributed by atoms with Crippen molar-refractivity contribution >= 4 is 17.5 Å². The lowest BCUT2D eigenvalue weighted by atomic mass is 10.0. The molecule has 1 saturated heterocycles. The molecule has 4 heterocycles. The number of carbonyl (C=O) groups excluding carboxylic acids is 1. The number of nitrogens with one attached hydrogen (secondary N) is 1. The van der Waals surface area contributed by atoms with Crippen molar-refractivity contribution in [3.63, 3.8) is 0 Å². The third kappa shape index (κ3) is 6.46. The van der Waals surface area contributed by atoms with E-state index in [9.17, 15) is 9.59 Å². The maximum absolute atomic E-state index is 13.3. The summed E-state index contributed by atoms with van der Waals surface area (Å²) in [7, 11) is 1.84. The van der Waals surface area contributed by atoms with Crippen molar-refractivity contribution in [1.82, 2.24) is 29.4 Å². The minimum Gasteiger partial charge on any atom is -0.444 e. The van der Waals surface area contributed by atoms with Crippen molar-refractivity contribution in [2.75, 3.05) is 36.9 Å². The van der Waals surface area contributed by atoms with Gasteiger partial charge in [-0.2, -0.15) is 0 Å². The van der Waals surface area contributed by atoms with Crippen molar-refractivity contribution in [3.8, 4) is 11.3 Å². The fraction of sp³-hybridized carbons (Fsp3) is 0.552. The van der Waals surface area contributed by atoms with Gasteiger partial charge in [0.05, 0.1) is 17.9 Å². The van der Waals surface area contributed by atoms with Crippen LogP contribution in [0.15, 0.2) is 47.8 Å². The summed E-state index contributed by atoms with van der Waals surface area (Å²) in [5.74, 6) is 0.564. The van der Waals surface area contributed by atoms with Crippen molar-refractivity contribution < 1.29 is 9.53 Å². The van der Waals surface area contributed by atoms with Gasteiger partial charge in [-0.25, -0.2) is 9.48 Å². The zero-order valence-corrected chi connectivity index (χ0v) is 24.1. The summed E-state index contributed by atoms with van der Waals surface area (Å²) >= 11 is 0. The van der Waals surface area contributed by atoms with Crippen LogP contribution < -0.4 is 15.8 Å². The Bertz CT molecular complexity index is 1390. The summed E-state index contributed by atoms with van der Waals surface area (Å²) < 4.78 is 9.08. The van der Waals surface area contributed by atoms with Crippen LogP contribution in [0.1, 0.15) is 59.5 Å². The van der Waals surface area contributed by atoms with Gasteiger partial charge in [0.15, 0.2) is 0 Å². The lowest BCUT2D eigenvalue weighted by Gasteiger charge is -2.40. The molecule has 1 amide bonds. The minimum atomic E-state index is -0.535. The van der Waals surface area contributed by atoms with Crippen molar-refractivity contribution in [3.05, 3.63) is 53.3 Å². The lowest BCUT2D eigenvalue weighted by Crippen LogP contribution is -2.52. The van der Waals surface area contributed by atoms with Crippen LogP contribution in [0.3, 0.4) is 0 Å². The third-order valence-electron chi connectivity index (χ3n) is 7.53. The molecule has 11 nitrogen and oxygen atoms in total. The van der Waals surface area contributed by atoms with Gasteiger partial charge in [-0.05, 0) is 71.4 Å². The molecule has 1 N–H and O–H groups in total.